The zero-order chi connectivity index (χ0) is 19.8. The molecule has 1 aromatic heterocycles. The van der Waals surface area contributed by atoms with Crippen LogP contribution in [0.1, 0.15) is 54.7 Å². The van der Waals surface area contributed by atoms with E-state index in [1.165, 1.54) is 25.5 Å². The number of H-pyrrole nitrogens is 1. The number of allylic oxidation sites excluding steroid dienone is 1. The standard InChI is InChI=1S/C21H23N7O/c22-11-17(19-25-27-28-26-19)12-23-18-3-1-2-16(7-18)20(29)24-21-8-13-4-14(9-21)6-15(5-13)10-21/h1-3,7,12-15,23H,4-6,8-10H2,(H,24,29)(H,25,26,27,28). The van der Waals surface area contributed by atoms with Crippen molar-refractivity contribution in [1.29, 1.82) is 5.26 Å². The lowest BCUT2D eigenvalue weighted by Crippen LogP contribution is -2.59. The predicted octanol–water partition coefficient (Wildman–Crippen LogP) is 2.87. The number of aromatic nitrogens is 4. The Balaban J connectivity index is 1.30. The first-order valence-electron chi connectivity index (χ1n) is 10.2. The van der Waals surface area contributed by atoms with E-state index < -0.39 is 0 Å². The third kappa shape index (κ3) is 3.48. The monoisotopic (exact) mass is 389 g/mol. The number of benzene rings is 1. The number of amides is 1. The van der Waals surface area contributed by atoms with Crippen LogP contribution in [0.15, 0.2) is 30.5 Å². The number of tetrazole rings is 1. The number of carbonyl (C=O) groups is 1. The molecule has 4 bridgehead atoms. The zero-order valence-corrected chi connectivity index (χ0v) is 16.1. The average Bonchev–Trinajstić information content (AvgIpc) is 3.22. The molecule has 29 heavy (non-hydrogen) atoms. The predicted molar refractivity (Wildman–Crippen MR) is 106 cm³/mol. The van der Waals surface area contributed by atoms with Gasteiger partial charge in [0.05, 0.1) is 0 Å². The molecule has 0 aliphatic heterocycles. The summed E-state index contributed by atoms with van der Waals surface area (Å²) in [6, 6.07) is 9.35. The second kappa shape index (κ2) is 6.99. The van der Waals surface area contributed by atoms with E-state index in [4.69, 9.17) is 0 Å². The highest BCUT2D eigenvalue weighted by Crippen LogP contribution is 2.55. The van der Waals surface area contributed by atoms with E-state index in [0.717, 1.165) is 42.7 Å². The van der Waals surface area contributed by atoms with Crippen LogP contribution in [0, 0.1) is 29.1 Å². The molecule has 4 saturated carbocycles. The van der Waals surface area contributed by atoms with Crippen LogP contribution in [0.3, 0.4) is 0 Å². The first kappa shape index (κ1) is 17.9. The molecular weight excluding hydrogens is 366 g/mol. The highest BCUT2D eigenvalue weighted by atomic mass is 16.1. The van der Waals surface area contributed by atoms with Gasteiger partial charge in [0.2, 0.25) is 5.82 Å². The molecule has 148 valence electrons. The third-order valence-corrected chi connectivity index (χ3v) is 6.63. The molecule has 1 amide bonds. The second-order valence-electron chi connectivity index (χ2n) is 8.78. The van der Waals surface area contributed by atoms with Crippen LogP contribution in [0.4, 0.5) is 5.69 Å². The largest absolute Gasteiger partial charge is 0.360 e. The van der Waals surface area contributed by atoms with Gasteiger partial charge in [-0.05, 0) is 79.7 Å². The van der Waals surface area contributed by atoms with Crippen LogP contribution >= 0.6 is 0 Å². The minimum Gasteiger partial charge on any atom is -0.360 e. The van der Waals surface area contributed by atoms with Gasteiger partial charge in [0.15, 0.2) is 0 Å². The highest BCUT2D eigenvalue weighted by Gasteiger charge is 2.51. The minimum absolute atomic E-state index is 0.0121. The Morgan fingerprint density at radius 1 is 1.21 bits per heavy atom. The number of nitrogens with zero attached hydrogens (tertiary/aromatic N) is 4. The first-order valence-corrected chi connectivity index (χ1v) is 10.2. The summed E-state index contributed by atoms with van der Waals surface area (Å²) in [4.78, 5) is 13.0. The van der Waals surface area contributed by atoms with Crippen molar-refractivity contribution in [2.24, 2.45) is 17.8 Å². The summed E-state index contributed by atoms with van der Waals surface area (Å²) in [6.45, 7) is 0. The van der Waals surface area contributed by atoms with Gasteiger partial charge in [-0.2, -0.15) is 10.5 Å². The van der Waals surface area contributed by atoms with Gasteiger partial charge in [-0.1, -0.05) is 6.07 Å². The van der Waals surface area contributed by atoms with Gasteiger partial charge >= 0.3 is 0 Å². The lowest BCUT2D eigenvalue weighted by Gasteiger charge is -2.56. The smallest absolute Gasteiger partial charge is 0.251 e. The van der Waals surface area contributed by atoms with E-state index in [-0.39, 0.29) is 22.8 Å². The first-order chi connectivity index (χ1) is 14.1. The van der Waals surface area contributed by atoms with E-state index in [9.17, 15) is 10.1 Å². The van der Waals surface area contributed by atoms with E-state index in [1.54, 1.807) is 6.07 Å². The van der Waals surface area contributed by atoms with E-state index in [2.05, 4.69) is 31.3 Å². The molecule has 0 spiro atoms. The summed E-state index contributed by atoms with van der Waals surface area (Å²) in [6.07, 6.45) is 8.94. The maximum absolute atomic E-state index is 13.0. The van der Waals surface area contributed by atoms with Gasteiger partial charge in [0, 0.05) is 23.0 Å². The van der Waals surface area contributed by atoms with Crippen molar-refractivity contribution in [2.45, 2.75) is 44.1 Å². The van der Waals surface area contributed by atoms with Crippen molar-refractivity contribution >= 4 is 17.2 Å². The van der Waals surface area contributed by atoms with Gasteiger partial charge in [0.1, 0.15) is 11.6 Å². The van der Waals surface area contributed by atoms with Crippen molar-refractivity contribution < 1.29 is 4.79 Å². The van der Waals surface area contributed by atoms with Crippen molar-refractivity contribution in [3.8, 4) is 6.07 Å². The fourth-order valence-corrected chi connectivity index (χ4v) is 5.91. The summed E-state index contributed by atoms with van der Waals surface area (Å²) in [5, 5.41) is 29.1. The van der Waals surface area contributed by atoms with Gasteiger partial charge in [0.25, 0.3) is 5.91 Å². The van der Waals surface area contributed by atoms with Gasteiger partial charge in [-0.25, -0.2) is 0 Å². The number of carbonyl (C=O) groups excluding carboxylic acids is 1. The number of hydrogen-bond acceptors (Lipinski definition) is 6. The number of aromatic amines is 1. The molecule has 4 aliphatic rings. The summed E-state index contributed by atoms with van der Waals surface area (Å²) in [5.41, 5.74) is 1.58. The van der Waals surface area contributed by atoms with Crippen molar-refractivity contribution in [3.05, 3.63) is 41.9 Å². The summed E-state index contributed by atoms with van der Waals surface area (Å²) >= 11 is 0. The number of anilines is 1. The average molecular weight is 389 g/mol. The molecule has 4 aliphatic carbocycles. The van der Waals surface area contributed by atoms with Crippen LogP contribution < -0.4 is 10.6 Å². The Morgan fingerprint density at radius 2 is 1.93 bits per heavy atom. The summed E-state index contributed by atoms with van der Waals surface area (Å²) in [5.74, 6) is 2.56. The maximum Gasteiger partial charge on any atom is 0.251 e. The van der Waals surface area contributed by atoms with Crippen molar-refractivity contribution in [1.82, 2.24) is 25.9 Å². The second-order valence-corrected chi connectivity index (χ2v) is 8.78. The molecule has 0 saturated heterocycles. The Hall–Kier alpha value is -3.21. The lowest BCUT2D eigenvalue weighted by atomic mass is 9.53. The quantitative estimate of drug-likeness (QED) is 0.677. The number of nitriles is 1. The SMILES string of the molecule is N#CC(=CNc1cccc(C(=O)NC23CC4CC(CC(C4)C2)C3)c1)c1nn[nH]n1. The Kier molecular flexibility index (Phi) is 4.31. The Bertz CT molecular complexity index is 953. The van der Waals surface area contributed by atoms with Crippen LogP contribution in [-0.2, 0) is 0 Å². The van der Waals surface area contributed by atoms with E-state index >= 15 is 0 Å². The molecule has 6 rings (SSSR count). The minimum atomic E-state index is -0.0155. The number of hydrogen-bond donors (Lipinski definition) is 3. The van der Waals surface area contributed by atoms with Crippen molar-refractivity contribution in [3.63, 3.8) is 0 Å². The molecular formula is C21H23N7O. The topological polar surface area (TPSA) is 119 Å². The maximum atomic E-state index is 13.0. The molecule has 4 fully saturated rings. The van der Waals surface area contributed by atoms with Crippen LogP contribution in [0.2, 0.25) is 0 Å². The van der Waals surface area contributed by atoms with Gasteiger partial charge < -0.3 is 10.6 Å². The molecule has 1 heterocycles. The van der Waals surface area contributed by atoms with Gasteiger partial charge in [-0.15, -0.1) is 10.2 Å². The summed E-state index contributed by atoms with van der Waals surface area (Å²) in [7, 11) is 0. The third-order valence-electron chi connectivity index (χ3n) is 6.63. The van der Waals surface area contributed by atoms with Crippen molar-refractivity contribution in [2.75, 3.05) is 5.32 Å². The molecule has 2 aromatic rings. The van der Waals surface area contributed by atoms with E-state index in [0.29, 0.717) is 5.56 Å². The number of rotatable bonds is 5. The molecule has 1 aromatic carbocycles. The van der Waals surface area contributed by atoms with Crippen LogP contribution in [0.25, 0.3) is 5.57 Å². The lowest BCUT2D eigenvalue weighted by molar-refractivity contribution is -0.0167. The molecule has 8 heteroatoms. The van der Waals surface area contributed by atoms with E-state index in [1.807, 2.05) is 24.3 Å². The van der Waals surface area contributed by atoms with Crippen LogP contribution in [-0.4, -0.2) is 32.1 Å². The zero-order valence-electron chi connectivity index (χ0n) is 16.1. The fraction of sp³-hybridized carbons (Fsp3) is 0.476. The Labute approximate surface area is 168 Å². The fourth-order valence-electron chi connectivity index (χ4n) is 5.91. The highest BCUT2D eigenvalue weighted by molar-refractivity contribution is 5.95. The van der Waals surface area contributed by atoms with Gasteiger partial charge in [-0.3, -0.25) is 4.79 Å². The normalized spacial score (nSPS) is 30.0. The molecule has 0 atom stereocenters. The molecule has 0 unspecified atom stereocenters. The van der Waals surface area contributed by atoms with Crippen LogP contribution in [0.5, 0.6) is 0 Å². The molecule has 3 N–H and O–H groups in total. The Morgan fingerprint density at radius 3 is 2.55 bits per heavy atom. The number of nitrogens with one attached hydrogen (secondary N) is 3. The molecule has 0 radical (unpaired) electrons. The molecule has 8 nitrogen and oxygen atoms in total. The summed E-state index contributed by atoms with van der Waals surface area (Å²) < 4.78 is 0.